The molecule has 8 aliphatic carbocycles. The van der Waals surface area contributed by atoms with Crippen LogP contribution in [0.1, 0.15) is 423 Å². The minimum absolute atomic E-state index is 0.0160. The lowest BCUT2D eigenvalue weighted by Crippen LogP contribution is -2.36. The van der Waals surface area contributed by atoms with E-state index < -0.39 is 0 Å². The lowest BCUT2D eigenvalue weighted by Gasteiger charge is -2.37. The fraction of sp³-hybridized carbons (Fsp3) is 1.00. The van der Waals surface area contributed by atoms with Crippen LogP contribution in [-0.4, -0.2) is 89.7 Å². The second-order valence-electron chi connectivity index (χ2n) is 39.0. The monoisotopic (exact) mass is 1470 g/mol. The van der Waals surface area contributed by atoms with Crippen molar-refractivity contribution in [2.75, 3.05) is 0 Å². The number of unbranched alkanes of at least 4 members (excludes halogenated alkanes) is 8. The Morgan fingerprint density at radius 1 is 0.202 bits per heavy atom. The largest absolute Gasteiger partial charge is 0.393 e. The number of aliphatic hydroxyl groups excluding tert-OH is 8. The van der Waals surface area contributed by atoms with E-state index in [4.69, 9.17) is 0 Å². The zero-order valence-corrected chi connectivity index (χ0v) is 74.3. The molecule has 8 heteroatoms. The van der Waals surface area contributed by atoms with Crippen LogP contribution in [0.3, 0.4) is 0 Å². The third kappa shape index (κ3) is 38.9. The van der Waals surface area contributed by atoms with Crippen molar-refractivity contribution in [3.8, 4) is 0 Å². The predicted octanol–water partition coefficient (Wildman–Crippen LogP) is 25.8. The molecule has 30 unspecified atom stereocenters. The van der Waals surface area contributed by atoms with E-state index in [-0.39, 0.29) is 48.8 Å². The number of aliphatic hydroxyl groups is 8. The van der Waals surface area contributed by atoms with Crippen LogP contribution in [0.15, 0.2) is 0 Å². The van der Waals surface area contributed by atoms with Gasteiger partial charge in [0.05, 0.1) is 48.8 Å². The SMILES string of the molecule is CCCCC1C(C)CC(C)CC1O.CCCCC1C(C)CCC(C)C1O.CCCCC1CC(C)C(C)CC1O.CCCCC1CC(C)C(O)C(C)C1.CCCCC1CC(C)C(O)CC1C.CCCCC1CC(C)CC(C)C1O.CCCCC1CCC(C)C(C)C1O.CCCCC1CCC(O)C(C)C1C. The molecule has 624 valence electrons. The maximum Gasteiger partial charge on any atom is 0.0596 e. The van der Waals surface area contributed by atoms with Crippen LogP contribution >= 0.6 is 0 Å². The van der Waals surface area contributed by atoms with Gasteiger partial charge in [0, 0.05) is 0 Å². The van der Waals surface area contributed by atoms with Crippen LogP contribution in [0, 0.1) is 142 Å². The molecule has 0 saturated heterocycles. The molecule has 30 atom stereocenters. The molecule has 8 nitrogen and oxygen atoms in total. The standard InChI is InChI=1S/8C12H24O/c1-4-5-6-11-7-10(3)12(13)8-9(11)2;1-4-5-6-11-7-9(2)12(13)10(3)8-11;1-4-5-6-11-7-9(2)10(3)8-12(11)13;1-4-5-6-11-10(3)7-9(2)8-12(11)13;1-4-5-6-11-8-9(2)7-10(3)12(11)13;1-4-5-6-11-7-8-12(13)10(3)9(11)2;1-4-5-6-11-8-7-9(2)10(3)12(11)13;1-4-5-6-11-9(2)7-8-10(3)12(11)13/h8*9-13H,4-8H2,1-3H3. The molecule has 0 aromatic rings. The van der Waals surface area contributed by atoms with E-state index in [1.807, 2.05) is 0 Å². The maximum atomic E-state index is 10.0. The minimum atomic E-state index is -0.0436. The molecule has 0 aromatic heterocycles. The van der Waals surface area contributed by atoms with Crippen molar-refractivity contribution in [1.29, 1.82) is 0 Å². The summed E-state index contributed by atoms with van der Waals surface area (Å²) in [6.07, 6.45) is 49.8. The minimum Gasteiger partial charge on any atom is -0.393 e. The summed E-state index contributed by atoms with van der Waals surface area (Å²) in [6.45, 7) is 53.9. The molecule has 8 aliphatic rings. The van der Waals surface area contributed by atoms with Gasteiger partial charge in [-0.05, 0) is 264 Å². The van der Waals surface area contributed by atoms with E-state index in [1.54, 1.807) is 0 Å². The first-order valence-corrected chi connectivity index (χ1v) is 46.7. The third-order valence-corrected chi connectivity index (χ3v) is 29.5. The van der Waals surface area contributed by atoms with E-state index in [1.165, 1.54) is 231 Å². The summed E-state index contributed by atoms with van der Waals surface area (Å²) in [4.78, 5) is 0. The first-order chi connectivity index (χ1) is 49.2. The van der Waals surface area contributed by atoms with Crippen LogP contribution in [0.2, 0.25) is 0 Å². The summed E-state index contributed by atoms with van der Waals surface area (Å²) >= 11 is 0. The van der Waals surface area contributed by atoms with E-state index >= 15 is 0 Å². The molecule has 0 radical (unpaired) electrons. The predicted molar refractivity (Wildman–Crippen MR) is 453 cm³/mol. The smallest absolute Gasteiger partial charge is 0.0596 e. The Labute approximate surface area is 651 Å². The molecular weight excluding hydrogens is 1280 g/mol. The van der Waals surface area contributed by atoms with E-state index in [2.05, 4.69) is 166 Å². The normalized spacial score (nSPS) is 40.6. The zero-order chi connectivity index (χ0) is 78.8. The van der Waals surface area contributed by atoms with Crippen molar-refractivity contribution in [3.63, 3.8) is 0 Å². The molecule has 0 bridgehead atoms. The van der Waals surface area contributed by atoms with Crippen molar-refractivity contribution in [1.82, 2.24) is 0 Å². The summed E-state index contributed by atoms with van der Waals surface area (Å²) in [5.41, 5.74) is 0. The second-order valence-corrected chi connectivity index (χ2v) is 39.0. The van der Waals surface area contributed by atoms with Crippen LogP contribution in [-0.2, 0) is 0 Å². The van der Waals surface area contributed by atoms with Gasteiger partial charge in [-0.15, -0.1) is 0 Å². The highest BCUT2D eigenvalue weighted by Crippen LogP contribution is 2.43. The van der Waals surface area contributed by atoms with Gasteiger partial charge in [-0.1, -0.05) is 301 Å². The third-order valence-electron chi connectivity index (χ3n) is 29.5. The fourth-order valence-electron chi connectivity index (χ4n) is 20.8. The van der Waals surface area contributed by atoms with E-state index in [9.17, 15) is 40.9 Å². The fourth-order valence-corrected chi connectivity index (χ4v) is 20.8. The molecule has 8 fully saturated rings. The summed E-state index contributed by atoms with van der Waals surface area (Å²) in [7, 11) is 0. The number of hydrogen-bond acceptors (Lipinski definition) is 8. The summed E-state index contributed by atoms with van der Waals surface area (Å²) in [5.74, 6) is 15.9. The van der Waals surface area contributed by atoms with Gasteiger partial charge in [-0.3, -0.25) is 0 Å². The van der Waals surface area contributed by atoms with Crippen molar-refractivity contribution >= 4 is 0 Å². The Morgan fingerprint density at radius 3 is 1.14 bits per heavy atom. The van der Waals surface area contributed by atoms with Crippen molar-refractivity contribution in [2.45, 2.75) is 472 Å². The molecule has 8 saturated carbocycles. The van der Waals surface area contributed by atoms with Gasteiger partial charge < -0.3 is 40.9 Å². The molecule has 0 aromatic carbocycles. The van der Waals surface area contributed by atoms with Gasteiger partial charge in [-0.2, -0.15) is 0 Å². The first kappa shape index (κ1) is 102. The second kappa shape index (κ2) is 57.7. The molecule has 0 heterocycles. The Kier molecular flexibility index (Phi) is 56.4. The molecule has 104 heavy (non-hydrogen) atoms. The summed E-state index contributed by atoms with van der Waals surface area (Å²) < 4.78 is 0. The lowest BCUT2D eigenvalue weighted by atomic mass is 9.70. The highest BCUT2D eigenvalue weighted by Gasteiger charge is 2.38. The van der Waals surface area contributed by atoms with Crippen LogP contribution in [0.5, 0.6) is 0 Å². The Hall–Kier alpha value is -0.320. The molecule has 8 rings (SSSR count). The van der Waals surface area contributed by atoms with Gasteiger partial charge in [0.15, 0.2) is 0 Å². The highest BCUT2D eigenvalue weighted by atomic mass is 16.3. The van der Waals surface area contributed by atoms with Crippen LogP contribution < -0.4 is 0 Å². The van der Waals surface area contributed by atoms with Gasteiger partial charge in [0.25, 0.3) is 0 Å². The molecule has 8 N–H and O–H groups in total. The van der Waals surface area contributed by atoms with Crippen molar-refractivity contribution in [2.24, 2.45) is 142 Å². The van der Waals surface area contributed by atoms with Crippen LogP contribution in [0.25, 0.3) is 0 Å². The zero-order valence-electron chi connectivity index (χ0n) is 74.3. The molecular formula is C96H192O8. The quantitative estimate of drug-likeness (QED) is 0.0474. The highest BCUT2D eigenvalue weighted by molar-refractivity contribution is 4.89. The topological polar surface area (TPSA) is 162 Å². The average molecular weight is 1470 g/mol. The lowest BCUT2D eigenvalue weighted by molar-refractivity contribution is -0.00756. The van der Waals surface area contributed by atoms with Crippen molar-refractivity contribution < 1.29 is 40.9 Å². The Morgan fingerprint density at radius 2 is 0.606 bits per heavy atom. The van der Waals surface area contributed by atoms with Gasteiger partial charge in [0.1, 0.15) is 0 Å². The first-order valence-electron chi connectivity index (χ1n) is 46.7. The van der Waals surface area contributed by atoms with E-state index in [0.29, 0.717) is 82.9 Å². The molecule has 0 amide bonds. The van der Waals surface area contributed by atoms with Crippen molar-refractivity contribution in [3.05, 3.63) is 0 Å². The van der Waals surface area contributed by atoms with Gasteiger partial charge in [0.2, 0.25) is 0 Å². The number of rotatable bonds is 24. The van der Waals surface area contributed by atoms with E-state index in [0.717, 1.165) is 84.9 Å². The average Bonchev–Trinajstić information content (AvgIpc) is 0.963. The Balaban J connectivity index is 0.000000594. The van der Waals surface area contributed by atoms with Crippen LogP contribution in [0.4, 0.5) is 0 Å². The maximum absolute atomic E-state index is 10.0. The molecule has 0 aliphatic heterocycles. The van der Waals surface area contributed by atoms with Gasteiger partial charge >= 0.3 is 0 Å². The summed E-state index contributed by atoms with van der Waals surface area (Å²) in [6, 6.07) is 0. The Bertz CT molecular complexity index is 1860. The van der Waals surface area contributed by atoms with Gasteiger partial charge in [-0.25, -0.2) is 0 Å². The summed E-state index contributed by atoms with van der Waals surface area (Å²) in [5, 5.41) is 79.0. The number of hydrogen-bond donors (Lipinski definition) is 8. The molecule has 0 spiro atoms.